The van der Waals surface area contributed by atoms with Gasteiger partial charge in [-0.1, -0.05) is 27.7 Å². The number of thioether (sulfide) groups is 1. The monoisotopic (exact) mass is 227 g/mol. The van der Waals surface area contributed by atoms with E-state index in [1.807, 2.05) is 6.92 Å². The van der Waals surface area contributed by atoms with Crippen LogP contribution in [0.4, 0.5) is 0 Å². The molecule has 0 saturated carbocycles. The molecule has 0 rings (SSSR count). The second-order valence-corrected chi connectivity index (χ2v) is 6.28. The minimum Gasteiger partial charge on any atom is -0.352 e. The summed E-state index contributed by atoms with van der Waals surface area (Å²) in [5.74, 6) is 3.16. The minimum absolute atomic E-state index is 0.0806. The predicted octanol–water partition coefficient (Wildman–Crippen LogP) is 2.44. The van der Waals surface area contributed by atoms with Crippen LogP contribution in [0.1, 0.15) is 40.5 Å². The second-order valence-electron chi connectivity index (χ2n) is 4.48. The number of hydrogen-bond acceptors (Lipinski definition) is 2. The van der Waals surface area contributed by atoms with Gasteiger partial charge in [-0.3, -0.25) is 4.79 Å². The third-order valence-electron chi connectivity index (χ3n) is 1.86. The zero-order chi connectivity index (χ0) is 11.9. The van der Waals surface area contributed by atoms with E-state index < -0.39 is 0 Å². The van der Waals surface area contributed by atoms with Crippen molar-refractivity contribution in [2.24, 2.45) is 0 Å². The Kier molecular flexibility index (Phi) is 6.51. The van der Waals surface area contributed by atoms with Crippen molar-refractivity contribution in [2.45, 2.75) is 51.3 Å². The summed E-state index contributed by atoms with van der Waals surface area (Å²) in [5.41, 5.74) is 0. The molecule has 0 spiro atoms. The molecule has 0 bridgehead atoms. The molecule has 0 aliphatic rings. The van der Waals surface area contributed by atoms with Gasteiger partial charge in [0.1, 0.15) is 0 Å². The molecule has 1 atom stereocenters. The third-order valence-corrected chi connectivity index (χ3v) is 3.13. The first kappa shape index (κ1) is 14.4. The Hall–Kier alpha value is -0.620. The van der Waals surface area contributed by atoms with Crippen molar-refractivity contribution in [3.8, 4) is 12.3 Å². The number of carbonyl (C=O) groups excluding carboxylic acids is 1. The molecule has 1 N–H and O–H groups in total. The number of rotatable bonds is 5. The van der Waals surface area contributed by atoms with Gasteiger partial charge >= 0.3 is 0 Å². The molecule has 0 aromatic carbocycles. The summed E-state index contributed by atoms with van der Waals surface area (Å²) < 4.78 is 0.130. The number of hydrogen-bond donors (Lipinski definition) is 1. The van der Waals surface area contributed by atoms with Crippen molar-refractivity contribution in [3.05, 3.63) is 0 Å². The first-order valence-corrected chi connectivity index (χ1v) is 6.24. The highest BCUT2D eigenvalue weighted by atomic mass is 32.2. The zero-order valence-electron chi connectivity index (χ0n) is 10.1. The number of amides is 1. The van der Waals surface area contributed by atoms with Crippen LogP contribution in [0.25, 0.3) is 0 Å². The molecule has 2 nitrogen and oxygen atoms in total. The van der Waals surface area contributed by atoms with Gasteiger partial charge in [-0.05, 0) is 6.42 Å². The Morgan fingerprint density at radius 3 is 2.53 bits per heavy atom. The quantitative estimate of drug-likeness (QED) is 0.731. The normalized spacial score (nSPS) is 13.0. The Bertz CT molecular complexity index is 237. The molecule has 1 amide bonds. The van der Waals surface area contributed by atoms with E-state index in [1.54, 1.807) is 11.8 Å². The molecule has 0 aliphatic heterocycles. The van der Waals surface area contributed by atoms with Crippen LogP contribution in [0, 0.1) is 12.3 Å². The second kappa shape index (κ2) is 6.79. The summed E-state index contributed by atoms with van der Waals surface area (Å²) in [5, 5.41) is 2.94. The van der Waals surface area contributed by atoms with E-state index in [9.17, 15) is 4.79 Å². The molecule has 0 aliphatic carbocycles. The Morgan fingerprint density at radius 1 is 1.53 bits per heavy atom. The molecule has 0 aromatic rings. The van der Waals surface area contributed by atoms with Crippen molar-refractivity contribution in [1.82, 2.24) is 5.32 Å². The maximum Gasteiger partial charge on any atom is 0.230 e. The fourth-order valence-electron chi connectivity index (χ4n) is 0.991. The van der Waals surface area contributed by atoms with Crippen LogP contribution < -0.4 is 5.32 Å². The third kappa shape index (κ3) is 8.38. The van der Waals surface area contributed by atoms with E-state index in [0.29, 0.717) is 12.2 Å². The highest BCUT2D eigenvalue weighted by Gasteiger charge is 2.15. The standard InChI is InChI=1S/C12H21NOS/c1-6-8-10(7-2)13-11(14)9-15-12(3,4)5/h1,10H,7-9H2,2-5H3,(H,13,14). The smallest absolute Gasteiger partial charge is 0.230 e. The molecule has 0 saturated heterocycles. The van der Waals surface area contributed by atoms with Crippen LogP contribution >= 0.6 is 11.8 Å². The molecule has 0 radical (unpaired) electrons. The zero-order valence-corrected chi connectivity index (χ0v) is 10.9. The highest BCUT2D eigenvalue weighted by molar-refractivity contribution is 8.01. The van der Waals surface area contributed by atoms with E-state index in [1.165, 1.54) is 0 Å². The van der Waals surface area contributed by atoms with E-state index in [2.05, 4.69) is 32.0 Å². The molecular formula is C12H21NOS. The lowest BCUT2D eigenvalue weighted by Gasteiger charge is -2.19. The molecule has 0 fully saturated rings. The Labute approximate surface area is 97.6 Å². The first-order valence-electron chi connectivity index (χ1n) is 5.25. The summed E-state index contributed by atoms with van der Waals surface area (Å²) >= 11 is 1.65. The van der Waals surface area contributed by atoms with Crippen LogP contribution in [0.5, 0.6) is 0 Å². The van der Waals surface area contributed by atoms with E-state index >= 15 is 0 Å². The van der Waals surface area contributed by atoms with Crippen molar-refractivity contribution in [2.75, 3.05) is 5.75 Å². The van der Waals surface area contributed by atoms with Gasteiger partial charge in [-0.15, -0.1) is 24.1 Å². The first-order chi connectivity index (χ1) is 6.89. The number of carbonyl (C=O) groups is 1. The van der Waals surface area contributed by atoms with Crippen LogP contribution in [0.2, 0.25) is 0 Å². The molecule has 0 heterocycles. The van der Waals surface area contributed by atoms with Crippen LogP contribution in [0.15, 0.2) is 0 Å². The topological polar surface area (TPSA) is 29.1 Å². The van der Waals surface area contributed by atoms with E-state index in [4.69, 9.17) is 6.42 Å². The van der Waals surface area contributed by atoms with Gasteiger partial charge in [-0.25, -0.2) is 0 Å². The van der Waals surface area contributed by atoms with E-state index in [0.717, 1.165) is 6.42 Å². The van der Waals surface area contributed by atoms with Gasteiger partial charge < -0.3 is 5.32 Å². The summed E-state index contributed by atoms with van der Waals surface area (Å²) in [6.07, 6.45) is 6.72. The van der Waals surface area contributed by atoms with Crippen LogP contribution in [-0.2, 0) is 4.79 Å². The van der Waals surface area contributed by atoms with Crippen molar-refractivity contribution >= 4 is 17.7 Å². The van der Waals surface area contributed by atoms with Crippen LogP contribution in [-0.4, -0.2) is 22.4 Å². The maximum atomic E-state index is 11.5. The predicted molar refractivity (Wildman–Crippen MR) is 67.9 cm³/mol. The van der Waals surface area contributed by atoms with Crippen molar-refractivity contribution in [3.63, 3.8) is 0 Å². The number of nitrogens with one attached hydrogen (secondary N) is 1. The average Bonchev–Trinajstić information content (AvgIpc) is 2.13. The van der Waals surface area contributed by atoms with Crippen molar-refractivity contribution < 1.29 is 4.79 Å². The van der Waals surface area contributed by atoms with Gasteiger partial charge in [0.25, 0.3) is 0 Å². The van der Waals surface area contributed by atoms with Crippen LogP contribution in [0.3, 0.4) is 0 Å². The summed E-state index contributed by atoms with van der Waals surface area (Å²) in [7, 11) is 0. The molecule has 1 unspecified atom stereocenters. The summed E-state index contributed by atoms with van der Waals surface area (Å²) in [6, 6.07) is 0.128. The lowest BCUT2D eigenvalue weighted by Crippen LogP contribution is -2.36. The van der Waals surface area contributed by atoms with Gasteiger partial charge in [0, 0.05) is 17.2 Å². The molecular weight excluding hydrogens is 206 g/mol. The highest BCUT2D eigenvalue weighted by Crippen LogP contribution is 2.22. The van der Waals surface area contributed by atoms with E-state index in [-0.39, 0.29) is 16.7 Å². The fourth-order valence-corrected chi connectivity index (χ4v) is 1.64. The number of terminal acetylenes is 1. The van der Waals surface area contributed by atoms with Gasteiger partial charge in [0.2, 0.25) is 5.91 Å². The molecule has 15 heavy (non-hydrogen) atoms. The van der Waals surface area contributed by atoms with Crippen molar-refractivity contribution in [1.29, 1.82) is 0 Å². The fraction of sp³-hybridized carbons (Fsp3) is 0.750. The molecule has 86 valence electrons. The van der Waals surface area contributed by atoms with Gasteiger partial charge in [0.15, 0.2) is 0 Å². The largest absolute Gasteiger partial charge is 0.352 e. The Morgan fingerprint density at radius 2 is 2.13 bits per heavy atom. The summed E-state index contributed by atoms with van der Waals surface area (Å²) in [6.45, 7) is 8.33. The SMILES string of the molecule is C#CCC(CC)NC(=O)CSC(C)(C)C. The summed E-state index contributed by atoms with van der Waals surface area (Å²) in [4.78, 5) is 11.5. The van der Waals surface area contributed by atoms with Gasteiger partial charge in [0.05, 0.1) is 5.75 Å². The maximum absolute atomic E-state index is 11.5. The lowest BCUT2D eigenvalue weighted by molar-refractivity contribution is -0.119. The van der Waals surface area contributed by atoms with Gasteiger partial charge in [-0.2, -0.15) is 0 Å². The molecule has 0 aromatic heterocycles. The Balaban J connectivity index is 3.87. The molecule has 3 heteroatoms. The average molecular weight is 227 g/mol. The lowest BCUT2D eigenvalue weighted by atomic mass is 10.1. The minimum atomic E-state index is 0.0806.